The van der Waals surface area contributed by atoms with E-state index < -0.39 is 11.6 Å². The molecular weight excluding hydrogens is 260 g/mol. The third kappa shape index (κ3) is 3.54. The Morgan fingerprint density at radius 3 is 2.40 bits per heavy atom. The van der Waals surface area contributed by atoms with Gasteiger partial charge in [-0.2, -0.15) is 0 Å². The Morgan fingerprint density at radius 1 is 1.00 bits per heavy atom. The number of hydrogen-bond acceptors (Lipinski definition) is 1. The lowest BCUT2D eigenvalue weighted by Gasteiger charge is -2.08. The van der Waals surface area contributed by atoms with Crippen LogP contribution in [0.2, 0.25) is 0 Å². The van der Waals surface area contributed by atoms with Gasteiger partial charge in [0.2, 0.25) is 0 Å². The number of rotatable bonds is 6. The smallest absolute Gasteiger partial charge is 0.135 e. The fourth-order valence-electron chi connectivity index (χ4n) is 2.14. The number of para-hydroxylation sites is 1. The van der Waals surface area contributed by atoms with Crippen LogP contribution in [0.4, 0.5) is 8.78 Å². The first-order valence-corrected chi connectivity index (χ1v) is 6.59. The molecule has 0 amide bonds. The summed E-state index contributed by atoms with van der Waals surface area (Å²) in [5.74, 6) is -0.130. The molecule has 0 unspecified atom stereocenters. The van der Waals surface area contributed by atoms with Gasteiger partial charge in [-0.05, 0) is 23.8 Å². The fourth-order valence-corrected chi connectivity index (χ4v) is 2.14. The minimum absolute atomic E-state index is 0.132. The van der Waals surface area contributed by atoms with Gasteiger partial charge in [0.25, 0.3) is 0 Å². The molecule has 2 aromatic rings. The summed E-state index contributed by atoms with van der Waals surface area (Å²) in [6.45, 7) is 1.04. The van der Waals surface area contributed by atoms with Crippen LogP contribution in [0.3, 0.4) is 0 Å². The zero-order valence-electron chi connectivity index (χ0n) is 11.4. The molecule has 2 rings (SSSR count). The third-order valence-corrected chi connectivity index (χ3v) is 3.22. The number of halogens is 2. The Morgan fingerprint density at radius 2 is 1.70 bits per heavy atom. The Labute approximate surface area is 117 Å². The van der Waals surface area contributed by atoms with Crippen LogP contribution in [-0.2, 0) is 13.0 Å². The van der Waals surface area contributed by atoms with E-state index in [1.165, 1.54) is 18.2 Å². The van der Waals surface area contributed by atoms with Crippen molar-refractivity contribution in [3.63, 3.8) is 0 Å². The highest BCUT2D eigenvalue weighted by Gasteiger charge is 2.10. The summed E-state index contributed by atoms with van der Waals surface area (Å²) in [7, 11) is 1.64. The van der Waals surface area contributed by atoms with E-state index in [9.17, 15) is 8.78 Å². The minimum atomic E-state index is -0.487. The number of ether oxygens (including phenoxy) is 1. The Kier molecular flexibility index (Phi) is 5.07. The monoisotopic (exact) mass is 278 g/mol. The molecule has 0 radical (unpaired) electrons. The second-order valence-corrected chi connectivity index (χ2v) is 4.54. The molecule has 2 nitrogen and oxygen atoms in total. The molecule has 0 aliphatic rings. The Hall–Kier alpha value is -1.94. The van der Waals surface area contributed by atoms with Crippen LogP contribution in [-0.4, -0.2) is 13.7 Å². The van der Waals surface area contributed by atoms with Gasteiger partial charge in [-0.15, -0.1) is 0 Å². The second kappa shape index (κ2) is 7.01. The average Bonchev–Trinajstić information content (AvgIpc) is 2.46. The normalized spacial score (nSPS) is 10.6. The molecule has 0 fully saturated rings. The number of benzene rings is 2. The maximum atomic E-state index is 13.4. The minimum Gasteiger partial charge on any atom is -0.496 e. The predicted molar refractivity (Wildman–Crippen MR) is 73.6 cm³/mol. The maximum Gasteiger partial charge on any atom is 0.135 e. The highest BCUT2D eigenvalue weighted by Crippen LogP contribution is 2.16. The molecule has 20 heavy (non-hydrogen) atoms. The Balaban J connectivity index is 1.88. The predicted octanol–water partition coefficient (Wildman–Crippen LogP) is 2.28. The number of hydrogen-bond donors (Lipinski definition) is 1. The van der Waals surface area contributed by atoms with Crippen molar-refractivity contribution in [1.82, 2.24) is 0 Å². The quantitative estimate of drug-likeness (QED) is 0.806. The van der Waals surface area contributed by atoms with Crippen LogP contribution < -0.4 is 10.1 Å². The van der Waals surface area contributed by atoms with Crippen molar-refractivity contribution in [2.45, 2.75) is 13.0 Å². The highest BCUT2D eigenvalue weighted by molar-refractivity contribution is 5.33. The first-order valence-electron chi connectivity index (χ1n) is 6.59. The summed E-state index contributed by atoms with van der Waals surface area (Å²) in [5.41, 5.74) is 1.23. The molecule has 0 spiro atoms. The van der Waals surface area contributed by atoms with Gasteiger partial charge < -0.3 is 10.1 Å². The molecule has 0 heterocycles. The summed E-state index contributed by atoms with van der Waals surface area (Å²) in [6, 6.07) is 11.7. The van der Waals surface area contributed by atoms with Gasteiger partial charge in [-0.1, -0.05) is 24.3 Å². The number of methoxy groups -OCH3 is 1. The molecule has 0 saturated heterocycles. The average molecular weight is 278 g/mol. The molecule has 0 atom stereocenters. The molecule has 0 aliphatic heterocycles. The maximum absolute atomic E-state index is 13.4. The topological polar surface area (TPSA) is 25.8 Å². The van der Waals surface area contributed by atoms with Gasteiger partial charge in [-0.3, -0.25) is 0 Å². The van der Waals surface area contributed by atoms with Crippen LogP contribution in [0.15, 0.2) is 42.5 Å². The number of nitrogens with two attached hydrogens (primary N) is 1. The van der Waals surface area contributed by atoms with E-state index in [0.29, 0.717) is 6.54 Å². The van der Waals surface area contributed by atoms with E-state index in [1.807, 2.05) is 29.6 Å². The van der Waals surface area contributed by atoms with E-state index in [-0.39, 0.29) is 5.56 Å². The summed E-state index contributed by atoms with van der Waals surface area (Å²) in [4.78, 5) is 0. The molecule has 2 aromatic carbocycles. The molecule has 4 heteroatoms. The lowest BCUT2D eigenvalue weighted by atomic mass is 10.1. The zero-order valence-corrected chi connectivity index (χ0v) is 11.4. The van der Waals surface area contributed by atoms with Crippen LogP contribution in [0.1, 0.15) is 11.1 Å². The SMILES string of the molecule is COc1ccccc1CC[NH2+]Cc1c(F)cccc1F. The van der Waals surface area contributed by atoms with Crippen molar-refractivity contribution in [3.8, 4) is 5.75 Å². The van der Waals surface area contributed by atoms with Gasteiger partial charge >= 0.3 is 0 Å². The first-order chi connectivity index (χ1) is 9.72. The molecule has 0 bridgehead atoms. The molecular formula is C16H18F2NO+. The van der Waals surface area contributed by atoms with Crippen molar-refractivity contribution in [2.75, 3.05) is 13.7 Å². The third-order valence-electron chi connectivity index (χ3n) is 3.22. The van der Waals surface area contributed by atoms with Gasteiger partial charge in [0.1, 0.15) is 23.9 Å². The standard InChI is InChI=1S/C16H17F2NO/c1-20-16-8-3-2-5-12(16)9-10-19-11-13-14(17)6-4-7-15(13)18/h2-8,19H,9-11H2,1H3/p+1. The van der Waals surface area contributed by atoms with E-state index >= 15 is 0 Å². The van der Waals surface area contributed by atoms with Crippen LogP contribution >= 0.6 is 0 Å². The summed E-state index contributed by atoms with van der Waals surface area (Å²) in [5, 5.41) is 1.90. The van der Waals surface area contributed by atoms with Crippen molar-refractivity contribution in [2.24, 2.45) is 0 Å². The van der Waals surface area contributed by atoms with E-state index in [1.54, 1.807) is 7.11 Å². The second-order valence-electron chi connectivity index (χ2n) is 4.54. The van der Waals surface area contributed by atoms with Gasteiger partial charge in [-0.25, -0.2) is 8.78 Å². The number of quaternary nitrogens is 1. The van der Waals surface area contributed by atoms with E-state index in [4.69, 9.17) is 4.74 Å². The zero-order chi connectivity index (χ0) is 14.4. The van der Waals surface area contributed by atoms with Crippen molar-refractivity contribution in [1.29, 1.82) is 0 Å². The van der Waals surface area contributed by atoms with E-state index in [0.717, 1.165) is 24.3 Å². The van der Waals surface area contributed by atoms with E-state index in [2.05, 4.69) is 0 Å². The fraction of sp³-hybridized carbons (Fsp3) is 0.250. The molecule has 106 valence electrons. The van der Waals surface area contributed by atoms with Crippen molar-refractivity contribution < 1.29 is 18.8 Å². The van der Waals surface area contributed by atoms with Gasteiger partial charge in [0, 0.05) is 6.42 Å². The molecule has 2 N–H and O–H groups in total. The lowest BCUT2D eigenvalue weighted by molar-refractivity contribution is -0.670. The van der Waals surface area contributed by atoms with Crippen molar-refractivity contribution >= 4 is 0 Å². The summed E-state index contributed by atoms with van der Waals surface area (Å²) < 4.78 is 32.1. The Bertz CT molecular complexity index is 552. The highest BCUT2D eigenvalue weighted by atomic mass is 19.1. The van der Waals surface area contributed by atoms with Gasteiger partial charge in [0.15, 0.2) is 0 Å². The van der Waals surface area contributed by atoms with Crippen LogP contribution in [0, 0.1) is 11.6 Å². The first kappa shape index (κ1) is 14.5. The van der Waals surface area contributed by atoms with Crippen LogP contribution in [0.25, 0.3) is 0 Å². The molecule has 0 aliphatic carbocycles. The summed E-state index contributed by atoms with van der Waals surface area (Å²) >= 11 is 0. The van der Waals surface area contributed by atoms with Gasteiger partial charge in [0.05, 0.1) is 19.2 Å². The molecule has 0 saturated carbocycles. The van der Waals surface area contributed by atoms with Crippen LogP contribution in [0.5, 0.6) is 5.75 Å². The molecule has 0 aromatic heterocycles. The summed E-state index contributed by atoms with van der Waals surface area (Å²) in [6.07, 6.45) is 0.792. The lowest BCUT2D eigenvalue weighted by Crippen LogP contribution is -2.83. The van der Waals surface area contributed by atoms with Crippen molar-refractivity contribution in [3.05, 3.63) is 65.2 Å². The largest absolute Gasteiger partial charge is 0.496 e.